The number of Topliss-reactive ketones (excluding diaryl/α,β-unsaturated/α-hetero) is 1. The summed E-state index contributed by atoms with van der Waals surface area (Å²) in [5.74, 6) is -1.33. The first-order valence-electron chi connectivity index (χ1n) is 10.3. The molecule has 1 N–H and O–H groups in total. The molecule has 1 saturated heterocycles. The lowest BCUT2D eigenvalue weighted by Gasteiger charge is -2.24. The quantitative estimate of drug-likeness (QED) is 0.327. The number of aliphatic hydroxyl groups excluding tert-OH is 1. The summed E-state index contributed by atoms with van der Waals surface area (Å²) in [6.45, 7) is 2.51. The topological polar surface area (TPSA) is 80.0 Å². The molecule has 1 atom stereocenters. The third-order valence-corrected chi connectivity index (χ3v) is 5.21. The minimum Gasteiger partial charge on any atom is -0.507 e. The maximum atomic E-state index is 13.6. The van der Waals surface area contributed by atoms with E-state index in [-0.39, 0.29) is 17.9 Å². The third-order valence-electron chi connectivity index (χ3n) is 5.21. The van der Waals surface area contributed by atoms with Crippen molar-refractivity contribution in [3.63, 3.8) is 0 Å². The minimum atomic E-state index is -0.902. The van der Waals surface area contributed by atoms with Crippen molar-refractivity contribution in [3.05, 3.63) is 95.2 Å². The van der Waals surface area contributed by atoms with Gasteiger partial charge in [-0.3, -0.25) is 9.59 Å². The fraction of sp³-hybridized carbons (Fsp3) is 0.200. The average Bonchev–Trinajstić information content (AvgIpc) is 3.40. The molecule has 4 rings (SSSR count). The lowest BCUT2D eigenvalue weighted by molar-refractivity contribution is -0.140. The lowest BCUT2D eigenvalue weighted by atomic mass is 9.95. The molecule has 164 valence electrons. The second-order valence-electron chi connectivity index (χ2n) is 7.43. The molecule has 32 heavy (non-hydrogen) atoms. The predicted octanol–water partition coefficient (Wildman–Crippen LogP) is 4.83. The number of furan rings is 1. The molecule has 0 bridgehead atoms. The molecule has 1 amide bonds. The van der Waals surface area contributed by atoms with Crippen LogP contribution >= 0.6 is 0 Å². The van der Waals surface area contributed by atoms with Gasteiger partial charge in [-0.2, -0.15) is 0 Å². The number of benzene rings is 2. The van der Waals surface area contributed by atoms with Crippen LogP contribution in [-0.4, -0.2) is 28.3 Å². The van der Waals surface area contributed by atoms with Gasteiger partial charge in [-0.1, -0.05) is 31.2 Å². The Hall–Kier alpha value is -3.87. The monoisotopic (exact) mass is 435 g/mol. The maximum absolute atomic E-state index is 13.6. The van der Waals surface area contributed by atoms with Crippen molar-refractivity contribution in [1.82, 2.24) is 4.90 Å². The molecule has 3 aromatic rings. The number of hydrogen-bond acceptors (Lipinski definition) is 5. The number of ether oxygens (including phenoxy) is 1. The van der Waals surface area contributed by atoms with E-state index in [1.54, 1.807) is 36.4 Å². The fourth-order valence-corrected chi connectivity index (χ4v) is 3.71. The van der Waals surface area contributed by atoms with Gasteiger partial charge in [0, 0.05) is 5.56 Å². The van der Waals surface area contributed by atoms with Gasteiger partial charge in [-0.05, 0) is 48.4 Å². The number of amides is 1. The van der Waals surface area contributed by atoms with E-state index in [0.717, 1.165) is 6.42 Å². The molecule has 7 heteroatoms. The first-order chi connectivity index (χ1) is 15.5. The van der Waals surface area contributed by atoms with Crippen LogP contribution in [0.4, 0.5) is 4.39 Å². The summed E-state index contributed by atoms with van der Waals surface area (Å²) < 4.78 is 24.5. The molecule has 0 aliphatic carbocycles. The molecular formula is C25H22FNO5. The zero-order valence-electron chi connectivity index (χ0n) is 17.5. The number of aliphatic hydroxyl groups is 1. The van der Waals surface area contributed by atoms with Gasteiger partial charge in [-0.25, -0.2) is 4.39 Å². The molecule has 1 aliphatic rings. The van der Waals surface area contributed by atoms with Crippen LogP contribution in [0.25, 0.3) is 5.76 Å². The average molecular weight is 435 g/mol. The number of likely N-dealkylation sites (tertiary alicyclic amines) is 1. The molecule has 0 saturated carbocycles. The molecule has 1 fully saturated rings. The molecule has 2 heterocycles. The van der Waals surface area contributed by atoms with Crippen molar-refractivity contribution in [1.29, 1.82) is 0 Å². The Balaban J connectivity index is 1.81. The van der Waals surface area contributed by atoms with Gasteiger partial charge in [0.05, 0.1) is 31.0 Å². The van der Waals surface area contributed by atoms with Crippen LogP contribution in [0, 0.1) is 5.82 Å². The number of hydrogen-bond donors (Lipinski definition) is 1. The highest BCUT2D eigenvalue weighted by molar-refractivity contribution is 6.46. The number of nitrogens with zero attached hydrogens (tertiary/aromatic N) is 1. The molecule has 6 nitrogen and oxygen atoms in total. The highest BCUT2D eigenvalue weighted by Gasteiger charge is 2.46. The summed E-state index contributed by atoms with van der Waals surface area (Å²) in [5.41, 5.74) is 0.777. The van der Waals surface area contributed by atoms with Gasteiger partial charge in [0.25, 0.3) is 11.7 Å². The van der Waals surface area contributed by atoms with Crippen LogP contribution in [0.1, 0.15) is 36.3 Å². The Bertz CT molecular complexity index is 1150. The Morgan fingerprint density at radius 2 is 1.91 bits per heavy atom. The number of carbonyl (C=O) groups is 2. The first kappa shape index (κ1) is 21.4. The van der Waals surface area contributed by atoms with Crippen LogP contribution in [0.3, 0.4) is 0 Å². The maximum Gasteiger partial charge on any atom is 0.296 e. The fourth-order valence-electron chi connectivity index (χ4n) is 3.71. The molecule has 0 radical (unpaired) electrons. The van der Waals surface area contributed by atoms with Crippen LogP contribution in [0.2, 0.25) is 0 Å². The Morgan fingerprint density at radius 3 is 2.59 bits per heavy atom. The molecule has 0 spiro atoms. The van der Waals surface area contributed by atoms with Crippen molar-refractivity contribution in [2.24, 2.45) is 0 Å². The first-order valence-corrected chi connectivity index (χ1v) is 10.3. The van der Waals surface area contributed by atoms with E-state index in [0.29, 0.717) is 29.2 Å². The van der Waals surface area contributed by atoms with Crippen LogP contribution in [0.5, 0.6) is 5.75 Å². The summed E-state index contributed by atoms with van der Waals surface area (Å²) in [7, 11) is 0. The van der Waals surface area contributed by atoms with Crippen LogP contribution < -0.4 is 4.74 Å². The van der Waals surface area contributed by atoms with Crippen molar-refractivity contribution >= 4 is 17.4 Å². The highest BCUT2D eigenvalue weighted by atomic mass is 19.1. The van der Waals surface area contributed by atoms with E-state index in [4.69, 9.17) is 9.15 Å². The zero-order chi connectivity index (χ0) is 22.7. The Kier molecular flexibility index (Phi) is 6.07. The van der Waals surface area contributed by atoms with E-state index < -0.39 is 23.5 Å². The van der Waals surface area contributed by atoms with Crippen LogP contribution in [0.15, 0.2) is 76.9 Å². The predicted molar refractivity (Wildman–Crippen MR) is 115 cm³/mol. The molecule has 2 aromatic carbocycles. The van der Waals surface area contributed by atoms with Crippen LogP contribution in [-0.2, 0) is 16.1 Å². The summed E-state index contributed by atoms with van der Waals surface area (Å²) in [5, 5.41) is 11.1. The zero-order valence-corrected chi connectivity index (χ0v) is 17.5. The van der Waals surface area contributed by atoms with E-state index in [9.17, 15) is 19.1 Å². The summed E-state index contributed by atoms with van der Waals surface area (Å²) in [6, 6.07) is 14.7. The van der Waals surface area contributed by atoms with E-state index >= 15 is 0 Å². The van der Waals surface area contributed by atoms with Gasteiger partial charge < -0.3 is 19.2 Å². The van der Waals surface area contributed by atoms with Gasteiger partial charge in [-0.15, -0.1) is 0 Å². The minimum absolute atomic E-state index is 0.0239. The van der Waals surface area contributed by atoms with Crippen molar-refractivity contribution in [3.8, 4) is 5.75 Å². The summed E-state index contributed by atoms with van der Waals surface area (Å²) in [4.78, 5) is 27.3. The second kappa shape index (κ2) is 9.09. The SMILES string of the molecule is CCCOc1cccc(/C(O)=C2/C(=O)C(=O)N(Cc3ccco3)C2c2ccc(F)cc2)c1. The van der Waals surface area contributed by atoms with Crippen molar-refractivity contribution in [2.45, 2.75) is 25.9 Å². The van der Waals surface area contributed by atoms with E-state index in [1.807, 2.05) is 6.92 Å². The Morgan fingerprint density at radius 1 is 1.12 bits per heavy atom. The largest absolute Gasteiger partial charge is 0.507 e. The molecular weight excluding hydrogens is 413 g/mol. The summed E-state index contributed by atoms with van der Waals surface area (Å²) >= 11 is 0. The van der Waals surface area contributed by atoms with Gasteiger partial charge >= 0.3 is 0 Å². The number of rotatable bonds is 7. The van der Waals surface area contributed by atoms with Gasteiger partial charge in [0.15, 0.2) is 0 Å². The van der Waals surface area contributed by atoms with E-state index in [1.165, 1.54) is 35.4 Å². The molecule has 1 aromatic heterocycles. The van der Waals surface area contributed by atoms with Crippen molar-refractivity contribution < 1.29 is 28.2 Å². The normalized spacial score (nSPS) is 17.7. The summed E-state index contributed by atoms with van der Waals surface area (Å²) in [6.07, 6.45) is 2.29. The standard InChI is InChI=1S/C25H22FNO5/c1-2-12-31-19-6-3-5-17(14-19)23(28)21-22(16-8-10-18(26)11-9-16)27(25(30)24(21)29)15-20-7-4-13-32-20/h3-11,13-14,22,28H,2,12,15H2,1H3/b23-21-. The molecule has 1 aliphatic heterocycles. The number of ketones is 1. The Labute approximate surface area is 184 Å². The lowest BCUT2D eigenvalue weighted by Crippen LogP contribution is -2.29. The molecule has 1 unspecified atom stereocenters. The second-order valence-corrected chi connectivity index (χ2v) is 7.43. The highest BCUT2D eigenvalue weighted by Crippen LogP contribution is 2.40. The number of carbonyl (C=O) groups excluding carboxylic acids is 2. The van der Waals surface area contributed by atoms with Crippen molar-refractivity contribution in [2.75, 3.05) is 6.61 Å². The van der Waals surface area contributed by atoms with Gasteiger partial charge in [0.2, 0.25) is 0 Å². The van der Waals surface area contributed by atoms with Gasteiger partial charge in [0.1, 0.15) is 23.1 Å². The number of halogens is 1. The third kappa shape index (κ3) is 4.14. The smallest absolute Gasteiger partial charge is 0.296 e. The van der Waals surface area contributed by atoms with E-state index in [2.05, 4.69) is 0 Å².